The van der Waals surface area contributed by atoms with Crippen molar-refractivity contribution in [2.75, 3.05) is 26.9 Å². The first-order valence-corrected chi connectivity index (χ1v) is 5.73. The van der Waals surface area contributed by atoms with Gasteiger partial charge in [-0.1, -0.05) is 12.1 Å². The predicted molar refractivity (Wildman–Crippen MR) is 63.8 cm³/mol. The van der Waals surface area contributed by atoms with Crippen molar-refractivity contribution >= 4 is 0 Å². The van der Waals surface area contributed by atoms with Gasteiger partial charge in [0.05, 0.1) is 20.3 Å². The second-order valence-electron chi connectivity index (χ2n) is 4.40. The van der Waals surface area contributed by atoms with Crippen molar-refractivity contribution in [1.82, 2.24) is 0 Å². The van der Waals surface area contributed by atoms with Gasteiger partial charge in [0.1, 0.15) is 5.75 Å². The molecule has 0 aliphatic carbocycles. The summed E-state index contributed by atoms with van der Waals surface area (Å²) in [5, 5.41) is 0. The van der Waals surface area contributed by atoms with E-state index in [0.717, 1.165) is 38.3 Å². The number of hydrogen-bond acceptors (Lipinski definition) is 3. The van der Waals surface area contributed by atoms with Gasteiger partial charge in [-0.2, -0.15) is 0 Å². The Labute approximate surface area is 96.5 Å². The molecule has 0 saturated carbocycles. The Morgan fingerprint density at radius 1 is 1.44 bits per heavy atom. The lowest BCUT2D eigenvalue weighted by Crippen LogP contribution is -2.47. The predicted octanol–water partition coefficient (Wildman–Crippen LogP) is 1.70. The van der Waals surface area contributed by atoms with E-state index in [9.17, 15) is 0 Å². The monoisotopic (exact) mass is 221 g/mol. The van der Waals surface area contributed by atoms with E-state index in [0.29, 0.717) is 0 Å². The van der Waals surface area contributed by atoms with Gasteiger partial charge in [0.15, 0.2) is 0 Å². The summed E-state index contributed by atoms with van der Waals surface area (Å²) in [5.74, 6) is 0.913. The van der Waals surface area contributed by atoms with Crippen LogP contribution in [0.1, 0.15) is 18.4 Å². The summed E-state index contributed by atoms with van der Waals surface area (Å²) in [7, 11) is 1.70. The van der Waals surface area contributed by atoms with E-state index in [1.54, 1.807) is 7.11 Å². The number of rotatable bonds is 5. The fourth-order valence-electron chi connectivity index (χ4n) is 2.20. The summed E-state index contributed by atoms with van der Waals surface area (Å²) in [6.45, 7) is 2.35. The second-order valence-corrected chi connectivity index (χ2v) is 4.40. The van der Waals surface area contributed by atoms with Crippen LogP contribution in [-0.2, 0) is 10.2 Å². The largest absolute Gasteiger partial charge is 0.497 e. The van der Waals surface area contributed by atoms with Crippen LogP contribution in [0.3, 0.4) is 0 Å². The van der Waals surface area contributed by atoms with E-state index in [1.165, 1.54) is 5.56 Å². The third-order valence-electron chi connectivity index (χ3n) is 3.30. The quantitative estimate of drug-likeness (QED) is 0.823. The third kappa shape index (κ3) is 2.06. The summed E-state index contributed by atoms with van der Waals surface area (Å²) in [6.07, 6.45) is 2.14. The lowest BCUT2D eigenvalue weighted by Gasteiger charge is -2.42. The first kappa shape index (κ1) is 11.4. The number of hydrogen-bond donors (Lipinski definition) is 1. The highest BCUT2D eigenvalue weighted by atomic mass is 16.5. The maximum absolute atomic E-state index is 5.58. The van der Waals surface area contributed by atoms with Crippen molar-refractivity contribution in [2.45, 2.75) is 18.3 Å². The Morgan fingerprint density at radius 2 is 2.25 bits per heavy atom. The molecule has 1 aromatic carbocycles. The van der Waals surface area contributed by atoms with E-state index in [1.807, 2.05) is 12.1 Å². The van der Waals surface area contributed by atoms with E-state index in [4.69, 9.17) is 15.2 Å². The molecular formula is C13H19NO2. The van der Waals surface area contributed by atoms with Crippen molar-refractivity contribution in [1.29, 1.82) is 0 Å². The Kier molecular flexibility index (Phi) is 3.46. The molecule has 2 N–H and O–H groups in total. The molecular weight excluding hydrogens is 202 g/mol. The Hall–Kier alpha value is -1.06. The summed E-state index contributed by atoms with van der Waals surface area (Å²) >= 11 is 0. The molecule has 1 saturated heterocycles. The zero-order valence-electron chi connectivity index (χ0n) is 9.74. The lowest BCUT2D eigenvalue weighted by atomic mass is 9.75. The molecule has 1 heterocycles. The van der Waals surface area contributed by atoms with Crippen LogP contribution in [0.25, 0.3) is 0 Å². The molecule has 0 aromatic heterocycles. The van der Waals surface area contributed by atoms with Gasteiger partial charge in [-0.25, -0.2) is 0 Å². The van der Waals surface area contributed by atoms with Gasteiger partial charge >= 0.3 is 0 Å². The molecule has 1 aliphatic heterocycles. The van der Waals surface area contributed by atoms with Crippen LogP contribution < -0.4 is 10.5 Å². The minimum Gasteiger partial charge on any atom is -0.497 e. The van der Waals surface area contributed by atoms with Gasteiger partial charge in [0.25, 0.3) is 0 Å². The third-order valence-corrected chi connectivity index (χ3v) is 3.30. The normalized spacial score (nSPS) is 17.9. The number of benzene rings is 1. The van der Waals surface area contributed by atoms with Crippen LogP contribution in [0, 0.1) is 0 Å². The van der Waals surface area contributed by atoms with Gasteiger partial charge in [0.2, 0.25) is 0 Å². The average Bonchev–Trinajstić information content (AvgIpc) is 2.28. The standard InChI is InChI=1S/C13H19NO2/c1-15-12-5-2-4-11(8-12)13(6-3-7-14)9-16-10-13/h2,4-5,8H,3,6-7,9-10,14H2,1H3. The van der Waals surface area contributed by atoms with Gasteiger partial charge in [-0.05, 0) is 37.1 Å². The molecule has 16 heavy (non-hydrogen) atoms. The first-order valence-electron chi connectivity index (χ1n) is 5.73. The van der Waals surface area contributed by atoms with Gasteiger partial charge in [0, 0.05) is 5.41 Å². The summed E-state index contributed by atoms with van der Waals surface area (Å²) in [6, 6.07) is 8.27. The first-order chi connectivity index (χ1) is 7.80. The fraction of sp³-hybridized carbons (Fsp3) is 0.538. The zero-order chi connectivity index (χ0) is 11.4. The van der Waals surface area contributed by atoms with E-state index < -0.39 is 0 Å². The smallest absolute Gasteiger partial charge is 0.119 e. The van der Waals surface area contributed by atoms with Crippen LogP contribution in [0.2, 0.25) is 0 Å². The van der Waals surface area contributed by atoms with E-state index in [-0.39, 0.29) is 5.41 Å². The lowest BCUT2D eigenvalue weighted by molar-refractivity contribution is -0.0649. The molecule has 3 heteroatoms. The fourth-order valence-corrected chi connectivity index (χ4v) is 2.20. The molecule has 0 bridgehead atoms. The average molecular weight is 221 g/mol. The molecule has 1 fully saturated rings. The summed E-state index contributed by atoms with van der Waals surface area (Å²) < 4.78 is 10.6. The van der Waals surface area contributed by atoms with Crippen LogP contribution >= 0.6 is 0 Å². The Bertz CT molecular complexity index is 348. The summed E-state index contributed by atoms with van der Waals surface area (Å²) in [5.41, 5.74) is 7.07. The second kappa shape index (κ2) is 4.85. The van der Waals surface area contributed by atoms with E-state index in [2.05, 4.69) is 12.1 Å². The van der Waals surface area contributed by atoms with Crippen molar-refractivity contribution in [3.8, 4) is 5.75 Å². The Balaban J connectivity index is 2.18. The molecule has 1 aliphatic rings. The van der Waals surface area contributed by atoms with Crippen molar-refractivity contribution in [3.05, 3.63) is 29.8 Å². The topological polar surface area (TPSA) is 44.5 Å². The van der Waals surface area contributed by atoms with Gasteiger partial charge in [-0.15, -0.1) is 0 Å². The number of nitrogens with two attached hydrogens (primary N) is 1. The zero-order valence-corrected chi connectivity index (χ0v) is 9.74. The van der Waals surface area contributed by atoms with Gasteiger partial charge in [-0.3, -0.25) is 0 Å². The van der Waals surface area contributed by atoms with Crippen LogP contribution in [0.4, 0.5) is 0 Å². The van der Waals surface area contributed by atoms with Crippen molar-refractivity contribution < 1.29 is 9.47 Å². The highest BCUT2D eigenvalue weighted by Crippen LogP contribution is 2.37. The highest BCUT2D eigenvalue weighted by Gasteiger charge is 2.39. The molecule has 0 atom stereocenters. The van der Waals surface area contributed by atoms with Crippen LogP contribution in [-0.4, -0.2) is 26.9 Å². The maximum Gasteiger partial charge on any atom is 0.119 e. The molecule has 1 aromatic rings. The molecule has 0 radical (unpaired) electrons. The molecule has 0 unspecified atom stereocenters. The molecule has 2 rings (SSSR count). The molecule has 3 nitrogen and oxygen atoms in total. The van der Waals surface area contributed by atoms with Crippen LogP contribution in [0.15, 0.2) is 24.3 Å². The summed E-state index contributed by atoms with van der Waals surface area (Å²) in [4.78, 5) is 0. The van der Waals surface area contributed by atoms with Gasteiger partial charge < -0.3 is 15.2 Å². The maximum atomic E-state index is 5.58. The Morgan fingerprint density at radius 3 is 2.81 bits per heavy atom. The number of ether oxygens (including phenoxy) is 2. The molecule has 0 amide bonds. The minimum atomic E-state index is 0.175. The molecule has 88 valence electrons. The number of methoxy groups -OCH3 is 1. The van der Waals surface area contributed by atoms with Crippen LogP contribution in [0.5, 0.6) is 5.75 Å². The van der Waals surface area contributed by atoms with E-state index >= 15 is 0 Å². The minimum absolute atomic E-state index is 0.175. The SMILES string of the molecule is COc1cccc(C2(CCCN)COC2)c1. The van der Waals surface area contributed by atoms with Crippen molar-refractivity contribution in [2.24, 2.45) is 5.73 Å². The van der Waals surface area contributed by atoms with Crippen molar-refractivity contribution in [3.63, 3.8) is 0 Å². The highest BCUT2D eigenvalue weighted by molar-refractivity contribution is 5.35. The molecule has 0 spiro atoms.